The van der Waals surface area contributed by atoms with Gasteiger partial charge in [0.15, 0.2) is 0 Å². The molecule has 4 heterocycles. The first-order valence-electron chi connectivity index (χ1n) is 9.39. The lowest BCUT2D eigenvalue weighted by atomic mass is 9.46. The van der Waals surface area contributed by atoms with Crippen molar-refractivity contribution in [1.82, 2.24) is 0 Å². The second-order valence-electron chi connectivity index (χ2n) is 9.36. The molecular weight excluding hydrogens is 336 g/mol. The van der Waals surface area contributed by atoms with Gasteiger partial charge in [0.1, 0.15) is 22.7 Å². The molecule has 0 aromatic carbocycles. The summed E-state index contributed by atoms with van der Waals surface area (Å²) in [5, 5.41) is 0. The molecule has 0 radical (unpaired) electrons. The van der Waals surface area contributed by atoms with Gasteiger partial charge in [-0.25, -0.2) is 0 Å². The van der Waals surface area contributed by atoms with E-state index in [4.69, 9.17) is 18.6 Å². The molecule has 6 heteroatoms. The molecule has 138 valence electrons. The molecule has 7 atom stereocenters. The summed E-state index contributed by atoms with van der Waals surface area (Å²) in [5.74, 6) is -0.464. The van der Waals surface area contributed by atoms with Crippen molar-refractivity contribution in [2.24, 2.45) is 16.2 Å². The van der Waals surface area contributed by atoms with Gasteiger partial charge in [-0.3, -0.25) is 9.59 Å². The van der Waals surface area contributed by atoms with Crippen LogP contribution in [0.2, 0.25) is 0 Å². The van der Waals surface area contributed by atoms with Crippen LogP contribution in [0.4, 0.5) is 0 Å². The molecular formula is C20H22O6. The first-order chi connectivity index (χ1) is 12.2. The van der Waals surface area contributed by atoms with Gasteiger partial charge in [-0.15, -0.1) is 0 Å². The van der Waals surface area contributed by atoms with E-state index in [2.05, 4.69) is 6.92 Å². The van der Waals surface area contributed by atoms with Gasteiger partial charge in [-0.05, 0) is 39.2 Å². The van der Waals surface area contributed by atoms with Crippen LogP contribution in [-0.2, 0) is 23.8 Å². The summed E-state index contributed by atoms with van der Waals surface area (Å²) in [7, 11) is 0. The van der Waals surface area contributed by atoms with Gasteiger partial charge in [0.2, 0.25) is 0 Å². The maximum absolute atomic E-state index is 13.5. The van der Waals surface area contributed by atoms with Crippen molar-refractivity contribution in [3.05, 3.63) is 24.2 Å². The monoisotopic (exact) mass is 358 g/mol. The maximum Gasteiger partial charge on any atom is 0.320 e. The quantitative estimate of drug-likeness (QED) is 0.567. The Kier molecular flexibility index (Phi) is 2.28. The summed E-state index contributed by atoms with van der Waals surface area (Å²) in [6, 6.07) is 1.82. The van der Waals surface area contributed by atoms with Gasteiger partial charge in [-0.2, -0.15) is 0 Å². The Bertz CT molecular complexity index is 862. The SMILES string of the molecule is C[C@]12C[C@@H]3O[C@]3(C)[C@@]3(C[C@H](c4ccoc4)OC3=O)[C@]13CC[C@@]2(C)C(=O)O3. The topological polar surface area (TPSA) is 78.3 Å². The third-order valence-corrected chi connectivity index (χ3v) is 8.88. The summed E-state index contributed by atoms with van der Waals surface area (Å²) in [4.78, 5) is 26.3. The van der Waals surface area contributed by atoms with Crippen LogP contribution >= 0.6 is 0 Å². The van der Waals surface area contributed by atoms with Gasteiger partial charge >= 0.3 is 11.9 Å². The fourth-order valence-corrected chi connectivity index (χ4v) is 7.00. The molecule has 3 saturated heterocycles. The molecule has 0 unspecified atom stereocenters. The van der Waals surface area contributed by atoms with E-state index in [0.717, 1.165) is 18.4 Å². The number of fused-ring (bicyclic) bond motifs is 2. The smallest absolute Gasteiger partial charge is 0.320 e. The minimum absolute atomic E-state index is 0.0387. The molecule has 6 nitrogen and oxygen atoms in total. The van der Waals surface area contributed by atoms with Gasteiger partial charge in [0.05, 0.1) is 24.0 Å². The molecule has 26 heavy (non-hydrogen) atoms. The fraction of sp³-hybridized carbons (Fsp3) is 0.700. The van der Waals surface area contributed by atoms with Crippen molar-refractivity contribution in [3.8, 4) is 0 Å². The van der Waals surface area contributed by atoms with Crippen molar-refractivity contribution in [2.75, 3.05) is 0 Å². The van der Waals surface area contributed by atoms with Crippen LogP contribution in [0.25, 0.3) is 0 Å². The number of cyclic esters (lactones) is 1. The average molecular weight is 358 g/mol. The Morgan fingerprint density at radius 2 is 1.88 bits per heavy atom. The Morgan fingerprint density at radius 1 is 1.08 bits per heavy atom. The predicted octanol–water partition coefficient (Wildman–Crippen LogP) is 2.92. The zero-order chi connectivity index (χ0) is 18.2. The zero-order valence-corrected chi connectivity index (χ0v) is 15.2. The van der Waals surface area contributed by atoms with Crippen molar-refractivity contribution in [2.45, 2.75) is 69.9 Å². The predicted molar refractivity (Wildman–Crippen MR) is 86.8 cm³/mol. The summed E-state index contributed by atoms with van der Waals surface area (Å²) >= 11 is 0. The molecule has 1 aromatic rings. The van der Waals surface area contributed by atoms with Gasteiger partial charge in [0.25, 0.3) is 0 Å². The molecule has 2 bridgehead atoms. The van der Waals surface area contributed by atoms with Crippen LogP contribution in [0.15, 0.2) is 23.0 Å². The van der Waals surface area contributed by atoms with Crippen molar-refractivity contribution >= 4 is 11.9 Å². The lowest BCUT2D eigenvalue weighted by Gasteiger charge is -2.53. The molecule has 0 amide bonds. The highest BCUT2D eigenvalue weighted by molar-refractivity contribution is 5.90. The summed E-state index contributed by atoms with van der Waals surface area (Å²) in [6.07, 6.45) is 5.39. The maximum atomic E-state index is 13.5. The third kappa shape index (κ3) is 1.17. The molecule has 0 N–H and O–H groups in total. The number of hydrogen-bond acceptors (Lipinski definition) is 6. The number of carbonyl (C=O) groups is 2. The van der Waals surface area contributed by atoms with Crippen LogP contribution in [-0.4, -0.2) is 29.2 Å². The Labute approximate surface area is 151 Å². The zero-order valence-electron chi connectivity index (χ0n) is 15.2. The number of furan rings is 1. The van der Waals surface area contributed by atoms with E-state index in [9.17, 15) is 9.59 Å². The number of carbonyl (C=O) groups excluding carboxylic acids is 2. The number of rotatable bonds is 1. The number of epoxide rings is 1. The highest BCUT2D eigenvalue weighted by Crippen LogP contribution is 2.82. The van der Waals surface area contributed by atoms with Gasteiger partial charge in [0, 0.05) is 17.4 Å². The fourth-order valence-electron chi connectivity index (χ4n) is 7.00. The Hall–Kier alpha value is -1.82. The molecule has 2 aliphatic carbocycles. The molecule has 1 aromatic heterocycles. The van der Waals surface area contributed by atoms with Crippen molar-refractivity contribution in [3.63, 3.8) is 0 Å². The van der Waals surface area contributed by atoms with Crippen LogP contribution in [0.5, 0.6) is 0 Å². The molecule has 5 aliphatic rings. The molecule has 1 spiro atoms. The van der Waals surface area contributed by atoms with Crippen LogP contribution in [0, 0.1) is 16.2 Å². The molecule has 5 fully saturated rings. The van der Waals surface area contributed by atoms with Crippen LogP contribution < -0.4 is 0 Å². The average Bonchev–Trinajstić information content (AvgIpc) is 2.99. The summed E-state index contributed by atoms with van der Waals surface area (Å²) in [6.45, 7) is 6.11. The number of hydrogen-bond donors (Lipinski definition) is 0. The highest BCUT2D eigenvalue weighted by atomic mass is 16.6. The van der Waals surface area contributed by atoms with E-state index in [0.29, 0.717) is 12.8 Å². The minimum atomic E-state index is -0.969. The lowest BCUT2D eigenvalue weighted by Crippen LogP contribution is -2.67. The van der Waals surface area contributed by atoms with Crippen molar-refractivity contribution in [1.29, 1.82) is 0 Å². The second kappa shape index (κ2) is 3.88. The lowest BCUT2D eigenvalue weighted by molar-refractivity contribution is -0.200. The van der Waals surface area contributed by atoms with Gasteiger partial charge < -0.3 is 18.6 Å². The molecule has 6 rings (SSSR count). The minimum Gasteiger partial charge on any atom is -0.472 e. The standard InChI is InChI=1S/C20H22O6/c1-16-5-6-20(26-14(16)21)17(16,2)9-13-18(3,25-13)19(20)8-12(24-15(19)22)11-4-7-23-10-11/h4,7,10,12-13H,5-6,8-9H2,1-3H3/t12-,13+,16+,17-,18+,19+,20+/m1/s1. The number of esters is 2. The Balaban J connectivity index is 1.57. The van der Waals surface area contributed by atoms with E-state index in [1.807, 2.05) is 19.9 Å². The van der Waals surface area contributed by atoms with E-state index in [1.54, 1.807) is 12.5 Å². The summed E-state index contributed by atoms with van der Waals surface area (Å²) < 4.78 is 23.4. The highest BCUT2D eigenvalue weighted by Gasteiger charge is 2.93. The first-order valence-corrected chi connectivity index (χ1v) is 9.39. The Morgan fingerprint density at radius 3 is 2.58 bits per heavy atom. The molecule has 2 saturated carbocycles. The third-order valence-electron chi connectivity index (χ3n) is 8.88. The first kappa shape index (κ1) is 15.3. The second-order valence-corrected chi connectivity index (χ2v) is 9.36. The normalized spacial score (nSPS) is 56.3. The summed E-state index contributed by atoms with van der Waals surface area (Å²) in [5.41, 5.74) is -2.63. The van der Waals surface area contributed by atoms with E-state index in [-0.39, 0.29) is 18.0 Å². The van der Waals surface area contributed by atoms with Crippen LogP contribution in [0.1, 0.15) is 58.1 Å². The molecule has 3 aliphatic heterocycles. The number of ether oxygens (including phenoxy) is 3. The van der Waals surface area contributed by atoms with Gasteiger partial charge in [-0.1, -0.05) is 6.92 Å². The largest absolute Gasteiger partial charge is 0.472 e. The van der Waals surface area contributed by atoms with E-state index < -0.39 is 33.6 Å². The van der Waals surface area contributed by atoms with Crippen LogP contribution in [0.3, 0.4) is 0 Å². The van der Waals surface area contributed by atoms with E-state index >= 15 is 0 Å². The van der Waals surface area contributed by atoms with E-state index in [1.165, 1.54) is 0 Å². The van der Waals surface area contributed by atoms with Crippen molar-refractivity contribution < 1.29 is 28.2 Å².